The molecule has 1 unspecified atom stereocenters. The molecule has 0 bridgehead atoms. The molecule has 2 fully saturated rings. The lowest BCUT2D eigenvalue weighted by molar-refractivity contribution is -0.120. The van der Waals surface area contributed by atoms with Gasteiger partial charge in [0.05, 0.1) is 5.60 Å². The van der Waals surface area contributed by atoms with Crippen molar-refractivity contribution in [2.24, 2.45) is 10.9 Å². The zero-order valence-electron chi connectivity index (χ0n) is 17.6. The number of amides is 1. The molecular formula is C22H35IN4O2. The van der Waals surface area contributed by atoms with Gasteiger partial charge in [0.25, 0.3) is 0 Å². The minimum atomic E-state index is -0.110. The third-order valence-electron chi connectivity index (χ3n) is 5.78. The van der Waals surface area contributed by atoms with E-state index in [2.05, 4.69) is 33.9 Å². The maximum atomic E-state index is 12.5. The molecule has 1 aliphatic heterocycles. The minimum Gasteiger partial charge on any atom is -0.373 e. The van der Waals surface area contributed by atoms with Gasteiger partial charge in [0.15, 0.2) is 5.96 Å². The van der Waals surface area contributed by atoms with Crippen molar-refractivity contribution in [1.29, 1.82) is 0 Å². The number of carbonyl (C=O) groups excluding carboxylic acids is 1. The van der Waals surface area contributed by atoms with E-state index in [4.69, 9.17) is 4.74 Å². The first-order chi connectivity index (χ1) is 13.6. The highest BCUT2D eigenvalue weighted by atomic mass is 127. The second-order valence-corrected chi connectivity index (χ2v) is 8.21. The van der Waals surface area contributed by atoms with Crippen molar-refractivity contribution < 1.29 is 9.53 Å². The molecule has 0 spiro atoms. The van der Waals surface area contributed by atoms with Crippen molar-refractivity contribution in [3.8, 4) is 0 Å². The Morgan fingerprint density at radius 1 is 1.21 bits per heavy atom. The lowest BCUT2D eigenvalue weighted by atomic mass is 9.88. The predicted molar refractivity (Wildman–Crippen MR) is 129 cm³/mol. The van der Waals surface area contributed by atoms with E-state index in [1.54, 1.807) is 7.05 Å². The van der Waals surface area contributed by atoms with Gasteiger partial charge in [-0.3, -0.25) is 9.79 Å². The summed E-state index contributed by atoms with van der Waals surface area (Å²) in [5.41, 5.74) is 1.86. The smallest absolute Gasteiger partial charge is 0.227 e. The lowest BCUT2D eigenvalue weighted by Gasteiger charge is -2.24. The fourth-order valence-electron chi connectivity index (χ4n) is 4.02. The summed E-state index contributed by atoms with van der Waals surface area (Å²) in [4.78, 5) is 16.8. The molecule has 162 valence electrons. The quantitative estimate of drug-likeness (QED) is 0.304. The number of hydrogen-bond donors (Lipinski definition) is 3. The Morgan fingerprint density at radius 2 is 2.00 bits per heavy atom. The molecule has 0 aromatic heterocycles. The zero-order chi connectivity index (χ0) is 19.8. The average molecular weight is 514 g/mol. The number of aliphatic imine (C=N–C) groups is 1. The second-order valence-electron chi connectivity index (χ2n) is 8.21. The monoisotopic (exact) mass is 514 g/mol. The van der Waals surface area contributed by atoms with E-state index < -0.39 is 0 Å². The zero-order valence-corrected chi connectivity index (χ0v) is 20.0. The summed E-state index contributed by atoms with van der Waals surface area (Å²) in [7, 11) is 1.77. The summed E-state index contributed by atoms with van der Waals surface area (Å²) >= 11 is 0. The number of nitrogens with zero attached hydrogens (tertiary/aromatic N) is 1. The molecule has 29 heavy (non-hydrogen) atoms. The molecule has 3 N–H and O–H groups in total. The van der Waals surface area contributed by atoms with Crippen LogP contribution in [0.3, 0.4) is 0 Å². The van der Waals surface area contributed by atoms with E-state index in [0.717, 1.165) is 68.9 Å². The van der Waals surface area contributed by atoms with Crippen LogP contribution in [0.5, 0.6) is 0 Å². The summed E-state index contributed by atoms with van der Waals surface area (Å²) < 4.78 is 5.82. The molecule has 1 heterocycles. The first-order valence-electron chi connectivity index (χ1n) is 10.6. The van der Waals surface area contributed by atoms with Crippen molar-refractivity contribution in [1.82, 2.24) is 10.6 Å². The lowest BCUT2D eigenvalue weighted by Crippen LogP contribution is -2.45. The van der Waals surface area contributed by atoms with Gasteiger partial charge in [0.2, 0.25) is 5.91 Å². The summed E-state index contributed by atoms with van der Waals surface area (Å²) in [5, 5.41) is 9.79. The predicted octanol–water partition coefficient (Wildman–Crippen LogP) is 4.06. The van der Waals surface area contributed by atoms with Gasteiger partial charge in [0.1, 0.15) is 0 Å². The number of halogens is 1. The summed E-state index contributed by atoms with van der Waals surface area (Å²) in [6.07, 6.45) is 7.79. The molecule has 1 amide bonds. The molecular weight excluding hydrogens is 479 g/mol. The average Bonchev–Trinajstić information content (AvgIpc) is 3.16. The van der Waals surface area contributed by atoms with E-state index in [1.165, 1.54) is 6.42 Å². The van der Waals surface area contributed by atoms with Crippen LogP contribution in [0, 0.1) is 5.92 Å². The van der Waals surface area contributed by atoms with Crippen molar-refractivity contribution in [3.63, 3.8) is 0 Å². The van der Waals surface area contributed by atoms with E-state index in [1.807, 2.05) is 18.2 Å². The van der Waals surface area contributed by atoms with Crippen LogP contribution < -0.4 is 16.0 Å². The summed E-state index contributed by atoms with van der Waals surface area (Å²) in [6.45, 7) is 4.36. The van der Waals surface area contributed by atoms with Crippen molar-refractivity contribution in [2.75, 3.05) is 25.5 Å². The largest absolute Gasteiger partial charge is 0.373 e. The number of anilines is 1. The number of carbonyl (C=O) groups is 1. The van der Waals surface area contributed by atoms with Crippen LogP contribution >= 0.6 is 24.0 Å². The molecule has 1 aliphatic carbocycles. The summed E-state index contributed by atoms with van der Waals surface area (Å²) in [5.74, 6) is 1.08. The van der Waals surface area contributed by atoms with Gasteiger partial charge in [0, 0.05) is 38.3 Å². The molecule has 1 aromatic carbocycles. The van der Waals surface area contributed by atoms with Crippen LogP contribution in [0.1, 0.15) is 57.4 Å². The van der Waals surface area contributed by atoms with Crippen molar-refractivity contribution in [2.45, 2.75) is 64.0 Å². The molecule has 7 heteroatoms. The second kappa shape index (κ2) is 11.7. The van der Waals surface area contributed by atoms with Crippen molar-refractivity contribution in [3.05, 3.63) is 29.8 Å². The first kappa shape index (κ1) is 23.9. The van der Waals surface area contributed by atoms with Crippen LogP contribution in [-0.2, 0) is 16.1 Å². The highest BCUT2D eigenvalue weighted by Crippen LogP contribution is 2.25. The van der Waals surface area contributed by atoms with Gasteiger partial charge in [-0.05, 0) is 50.3 Å². The van der Waals surface area contributed by atoms with Crippen LogP contribution in [0.2, 0.25) is 0 Å². The SMILES string of the molecule is CN=C(NCc1cccc(NC(=O)C2CCCCC2)c1)NCC1(C)CCCO1.I. The maximum absolute atomic E-state index is 12.5. The fourth-order valence-corrected chi connectivity index (χ4v) is 4.02. The Kier molecular flexibility index (Phi) is 9.68. The fraction of sp³-hybridized carbons (Fsp3) is 0.636. The van der Waals surface area contributed by atoms with E-state index in [9.17, 15) is 4.79 Å². The number of guanidine groups is 1. The minimum absolute atomic E-state index is 0. The Labute approximate surface area is 191 Å². The molecule has 2 aliphatic rings. The molecule has 3 rings (SSSR count). The molecule has 0 radical (unpaired) electrons. The van der Waals surface area contributed by atoms with Gasteiger partial charge in [-0.2, -0.15) is 0 Å². The van der Waals surface area contributed by atoms with E-state index in [0.29, 0.717) is 6.54 Å². The summed E-state index contributed by atoms with van der Waals surface area (Å²) in [6, 6.07) is 8.02. The Hall–Kier alpha value is -1.35. The maximum Gasteiger partial charge on any atom is 0.227 e. The molecule has 1 saturated carbocycles. The Bertz CT molecular complexity index is 683. The number of hydrogen-bond acceptors (Lipinski definition) is 3. The van der Waals surface area contributed by atoms with E-state index >= 15 is 0 Å². The van der Waals surface area contributed by atoms with Gasteiger partial charge in [-0.1, -0.05) is 31.4 Å². The highest BCUT2D eigenvalue weighted by molar-refractivity contribution is 14.0. The van der Waals surface area contributed by atoms with E-state index in [-0.39, 0.29) is 41.4 Å². The number of benzene rings is 1. The highest BCUT2D eigenvalue weighted by Gasteiger charge is 2.29. The number of ether oxygens (including phenoxy) is 1. The first-order valence-corrected chi connectivity index (χ1v) is 10.6. The van der Waals surface area contributed by atoms with Gasteiger partial charge in [-0.15, -0.1) is 24.0 Å². The van der Waals surface area contributed by atoms with Gasteiger partial charge < -0.3 is 20.7 Å². The molecule has 1 saturated heterocycles. The van der Waals surface area contributed by atoms with Gasteiger partial charge in [-0.25, -0.2) is 0 Å². The number of nitrogens with one attached hydrogen (secondary N) is 3. The number of rotatable bonds is 6. The third kappa shape index (κ3) is 7.44. The van der Waals surface area contributed by atoms with Gasteiger partial charge >= 0.3 is 0 Å². The van der Waals surface area contributed by atoms with Crippen LogP contribution in [0.25, 0.3) is 0 Å². The molecule has 1 aromatic rings. The Balaban J connectivity index is 0.00000300. The molecule has 6 nitrogen and oxygen atoms in total. The standard InChI is InChI=1S/C22H34N4O2.HI/c1-22(12-7-13-28-22)16-25-21(23-2)24-15-17-8-6-11-19(14-17)26-20(27)18-9-4-3-5-10-18;/h6,8,11,14,18H,3-5,7,9-10,12-13,15-16H2,1-2H3,(H,26,27)(H2,23,24,25);1H. The Morgan fingerprint density at radius 3 is 2.69 bits per heavy atom. The molecule has 1 atom stereocenters. The third-order valence-corrected chi connectivity index (χ3v) is 5.78. The normalized spacial score (nSPS) is 22.6. The van der Waals surface area contributed by atoms with Crippen LogP contribution in [0.15, 0.2) is 29.3 Å². The van der Waals surface area contributed by atoms with Crippen LogP contribution in [0.4, 0.5) is 5.69 Å². The van der Waals surface area contributed by atoms with Crippen molar-refractivity contribution >= 4 is 41.5 Å². The topological polar surface area (TPSA) is 74.8 Å². The van der Waals surface area contributed by atoms with Crippen LogP contribution in [-0.4, -0.2) is 37.7 Å².